The molecule has 0 saturated heterocycles. The summed E-state index contributed by atoms with van der Waals surface area (Å²) in [5, 5.41) is 9.59. The van der Waals surface area contributed by atoms with Crippen molar-refractivity contribution in [2.75, 3.05) is 4.90 Å². The van der Waals surface area contributed by atoms with E-state index in [9.17, 15) is 0 Å². The van der Waals surface area contributed by atoms with E-state index in [0.29, 0.717) is 0 Å². The zero-order valence-corrected chi connectivity index (χ0v) is 28.8. The van der Waals surface area contributed by atoms with Gasteiger partial charge < -0.3 is 13.9 Å². The van der Waals surface area contributed by atoms with E-state index >= 15 is 0 Å². The van der Waals surface area contributed by atoms with Gasteiger partial charge in [0.25, 0.3) is 0 Å². The molecule has 0 aliphatic heterocycles. The van der Waals surface area contributed by atoms with Crippen molar-refractivity contribution < 1.29 is 4.42 Å². The minimum absolute atomic E-state index is 0.884. The fourth-order valence-corrected chi connectivity index (χ4v) is 8.49. The first-order chi connectivity index (χ1) is 26.3. The van der Waals surface area contributed by atoms with Gasteiger partial charge in [-0.15, -0.1) is 0 Å². The Hall–Kier alpha value is -7.10. The van der Waals surface area contributed by atoms with Gasteiger partial charge >= 0.3 is 0 Å². The Labute approximate surface area is 306 Å². The van der Waals surface area contributed by atoms with Crippen LogP contribution in [-0.4, -0.2) is 4.57 Å². The topological polar surface area (TPSA) is 21.3 Å². The van der Waals surface area contributed by atoms with Crippen molar-refractivity contribution in [1.82, 2.24) is 4.57 Å². The third kappa shape index (κ3) is 4.54. The molecular formula is C50H32N2O. The average molecular weight is 677 g/mol. The first-order valence-corrected chi connectivity index (χ1v) is 18.1. The first-order valence-electron chi connectivity index (χ1n) is 18.1. The van der Waals surface area contributed by atoms with Crippen molar-refractivity contribution in [2.45, 2.75) is 0 Å². The summed E-state index contributed by atoms with van der Waals surface area (Å²) >= 11 is 0. The van der Waals surface area contributed by atoms with E-state index in [1.54, 1.807) is 0 Å². The number of anilines is 3. The third-order valence-electron chi connectivity index (χ3n) is 10.8. The summed E-state index contributed by atoms with van der Waals surface area (Å²) in [6, 6.07) is 69.8. The molecule has 0 fully saturated rings. The van der Waals surface area contributed by atoms with Gasteiger partial charge in [0.2, 0.25) is 0 Å². The Kier molecular flexibility index (Phi) is 6.55. The van der Waals surface area contributed by atoms with Crippen molar-refractivity contribution in [2.24, 2.45) is 0 Å². The molecule has 0 bridgehead atoms. The van der Waals surface area contributed by atoms with Gasteiger partial charge in [-0.05, 0) is 76.3 Å². The highest BCUT2D eigenvalue weighted by molar-refractivity contribution is 6.17. The van der Waals surface area contributed by atoms with Crippen LogP contribution in [0.2, 0.25) is 0 Å². The van der Waals surface area contributed by atoms with E-state index in [1.165, 1.54) is 43.4 Å². The summed E-state index contributed by atoms with van der Waals surface area (Å²) in [7, 11) is 0. The number of rotatable bonds is 5. The van der Waals surface area contributed by atoms with E-state index in [0.717, 1.165) is 55.8 Å². The zero-order valence-electron chi connectivity index (χ0n) is 28.8. The van der Waals surface area contributed by atoms with Crippen LogP contribution in [0.25, 0.3) is 82.1 Å². The molecule has 11 rings (SSSR count). The van der Waals surface area contributed by atoms with Gasteiger partial charge in [0.15, 0.2) is 0 Å². The number of hydrogen-bond donors (Lipinski definition) is 0. The Morgan fingerprint density at radius 1 is 0.377 bits per heavy atom. The Morgan fingerprint density at radius 2 is 0.962 bits per heavy atom. The molecule has 0 amide bonds. The SMILES string of the molecule is c1cc(N(c2ccccc2-c2cccc3oc4ccccc4c23)c2cc3ccccc3c3ccccc23)cc(-n2c3ccccc3c3ccccc32)c1. The molecule has 3 nitrogen and oxygen atoms in total. The van der Waals surface area contributed by atoms with Gasteiger partial charge in [-0.25, -0.2) is 0 Å². The molecule has 2 aromatic heterocycles. The fraction of sp³-hybridized carbons (Fsp3) is 0. The van der Waals surface area contributed by atoms with Gasteiger partial charge in [0.05, 0.1) is 22.4 Å². The lowest BCUT2D eigenvalue weighted by Crippen LogP contribution is -2.12. The monoisotopic (exact) mass is 676 g/mol. The zero-order chi connectivity index (χ0) is 34.9. The summed E-state index contributed by atoms with van der Waals surface area (Å²) < 4.78 is 8.80. The standard InChI is InChI=1S/C50H32N2O/c1-2-18-36-33(15-1)31-47(38-20-4-3-19-37(36)38)52(35-17-13-16-34(32-35)51-44-26-9-5-21-39(44)40-22-6-10-27-45(40)51)46-28-11-7-23-41(46)42-25-14-30-49-50(42)43-24-8-12-29-48(43)53-49/h1-32H. The highest BCUT2D eigenvalue weighted by Gasteiger charge is 2.23. The van der Waals surface area contributed by atoms with E-state index in [4.69, 9.17) is 4.42 Å². The maximum atomic E-state index is 6.40. The van der Waals surface area contributed by atoms with Crippen LogP contribution in [0, 0.1) is 0 Å². The lowest BCUT2D eigenvalue weighted by molar-refractivity contribution is 0.669. The molecule has 0 aliphatic carbocycles. The Balaban J connectivity index is 1.23. The van der Waals surface area contributed by atoms with Crippen LogP contribution in [0.1, 0.15) is 0 Å². The van der Waals surface area contributed by atoms with Crippen molar-refractivity contribution in [3.05, 3.63) is 194 Å². The number of nitrogens with zero attached hydrogens (tertiary/aromatic N) is 2. The fourth-order valence-electron chi connectivity index (χ4n) is 8.49. The molecule has 2 heterocycles. The van der Waals surface area contributed by atoms with E-state index < -0.39 is 0 Å². The Bertz CT molecular complexity index is 3150. The summed E-state index contributed by atoms with van der Waals surface area (Å²) in [4.78, 5) is 2.46. The van der Waals surface area contributed by atoms with Gasteiger partial charge in [-0.3, -0.25) is 0 Å². The lowest BCUT2D eigenvalue weighted by atomic mass is 9.95. The molecule has 9 aromatic carbocycles. The largest absolute Gasteiger partial charge is 0.456 e. The molecule has 3 heteroatoms. The summed E-state index contributed by atoms with van der Waals surface area (Å²) in [6.45, 7) is 0. The molecule has 0 N–H and O–H groups in total. The number of furan rings is 1. The third-order valence-corrected chi connectivity index (χ3v) is 10.8. The molecule has 0 unspecified atom stereocenters. The summed E-state index contributed by atoms with van der Waals surface area (Å²) in [5.74, 6) is 0. The number of para-hydroxylation sites is 4. The van der Waals surface area contributed by atoms with Gasteiger partial charge in [-0.1, -0.05) is 140 Å². The minimum Gasteiger partial charge on any atom is -0.456 e. The second-order valence-electron chi connectivity index (χ2n) is 13.7. The van der Waals surface area contributed by atoms with Crippen LogP contribution in [0.5, 0.6) is 0 Å². The van der Waals surface area contributed by atoms with Crippen LogP contribution in [0.15, 0.2) is 199 Å². The Morgan fingerprint density at radius 3 is 1.77 bits per heavy atom. The molecule has 0 radical (unpaired) electrons. The molecule has 53 heavy (non-hydrogen) atoms. The normalized spacial score (nSPS) is 11.8. The van der Waals surface area contributed by atoms with Crippen molar-refractivity contribution in [3.8, 4) is 16.8 Å². The number of fused-ring (bicyclic) bond motifs is 9. The maximum Gasteiger partial charge on any atom is 0.136 e. The van der Waals surface area contributed by atoms with E-state index in [-0.39, 0.29) is 0 Å². The van der Waals surface area contributed by atoms with Crippen LogP contribution >= 0.6 is 0 Å². The molecule has 11 aromatic rings. The smallest absolute Gasteiger partial charge is 0.136 e. The highest BCUT2D eigenvalue weighted by Crippen LogP contribution is 2.48. The molecular weight excluding hydrogens is 645 g/mol. The average Bonchev–Trinajstić information content (AvgIpc) is 3.78. The summed E-state index contributed by atoms with van der Waals surface area (Å²) in [6.07, 6.45) is 0. The predicted molar refractivity (Wildman–Crippen MR) is 223 cm³/mol. The number of benzene rings is 9. The number of hydrogen-bond acceptors (Lipinski definition) is 2. The molecule has 0 aliphatic rings. The molecule has 0 saturated carbocycles. The van der Waals surface area contributed by atoms with Crippen LogP contribution in [0.3, 0.4) is 0 Å². The predicted octanol–water partition coefficient (Wildman–Crippen LogP) is 14.1. The van der Waals surface area contributed by atoms with Gasteiger partial charge in [0.1, 0.15) is 11.2 Å². The van der Waals surface area contributed by atoms with Crippen molar-refractivity contribution in [3.63, 3.8) is 0 Å². The summed E-state index contributed by atoms with van der Waals surface area (Å²) in [5.41, 5.74) is 10.8. The van der Waals surface area contributed by atoms with Gasteiger partial charge in [0, 0.05) is 43.9 Å². The highest BCUT2D eigenvalue weighted by atomic mass is 16.3. The second-order valence-corrected chi connectivity index (χ2v) is 13.7. The maximum absolute atomic E-state index is 6.40. The molecule has 0 atom stereocenters. The van der Waals surface area contributed by atoms with Crippen LogP contribution in [-0.2, 0) is 0 Å². The first kappa shape index (κ1) is 29.6. The van der Waals surface area contributed by atoms with Crippen molar-refractivity contribution >= 4 is 82.4 Å². The number of aromatic nitrogens is 1. The van der Waals surface area contributed by atoms with E-state index in [2.05, 4.69) is 198 Å². The minimum atomic E-state index is 0.884. The van der Waals surface area contributed by atoms with Gasteiger partial charge in [-0.2, -0.15) is 0 Å². The lowest BCUT2D eigenvalue weighted by Gasteiger charge is -2.30. The quantitative estimate of drug-likeness (QED) is 0.169. The van der Waals surface area contributed by atoms with Crippen LogP contribution < -0.4 is 4.90 Å². The molecule has 0 spiro atoms. The van der Waals surface area contributed by atoms with Crippen LogP contribution in [0.4, 0.5) is 17.1 Å². The second kappa shape index (κ2) is 11.7. The van der Waals surface area contributed by atoms with E-state index in [1.807, 2.05) is 6.07 Å². The molecule has 248 valence electrons. The van der Waals surface area contributed by atoms with Crippen molar-refractivity contribution in [1.29, 1.82) is 0 Å².